The zero-order chi connectivity index (χ0) is 14.5. The number of likely N-dealkylation sites (N-methyl/N-ethyl adjacent to an activating group) is 1. The highest BCUT2D eigenvalue weighted by Gasteiger charge is 2.16. The Balaban J connectivity index is 1.80. The van der Waals surface area contributed by atoms with Gasteiger partial charge in [0.15, 0.2) is 0 Å². The Labute approximate surface area is 124 Å². The van der Waals surface area contributed by atoms with Gasteiger partial charge in [0.2, 0.25) is 0 Å². The molecule has 0 aromatic heterocycles. The van der Waals surface area contributed by atoms with Crippen LogP contribution in [0.1, 0.15) is 37.8 Å². The SMILES string of the molecule is CC(Cc1ccc(C(C)C)cc1)CN1CCN(C)CC1. The van der Waals surface area contributed by atoms with Gasteiger partial charge in [0, 0.05) is 32.7 Å². The van der Waals surface area contributed by atoms with E-state index in [1.165, 1.54) is 50.3 Å². The molecule has 1 aliphatic heterocycles. The smallest absolute Gasteiger partial charge is 0.0110 e. The van der Waals surface area contributed by atoms with Crippen LogP contribution in [0, 0.1) is 5.92 Å². The lowest BCUT2D eigenvalue weighted by Gasteiger charge is -2.34. The molecule has 0 radical (unpaired) electrons. The van der Waals surface area contributed by atoms with E-state index in [1.54, 1.807) is 0 Å². The third-order valence-electron chi connectivity index (χ3n) is 4.40. The van der Waals surface area contributed by atoms with Gasteiger partial charge < -0.3 is 9.80 Å². The predicted octanol–water partition coefficient (Wildman–Crippen LogP) is 3.24. The van der Waals surface area contributed by atoms with Gasteiger partial charge in [-0.3, -0.25) is 0 Å². The van der Waals surface area contributed by atoms with Crippen LogP contribution in [0.3, 0.4) is 0 Å². The van der Waals surface area contributed by atoms with Crippen LogP contribution in [0.2, 0.25) is 0 Å². The Hall–Kier alpha value is -0.860. The summed E-state index contributed by atoms with van der Waals surface area (Å²) in [5.74, 6) is 1.37. The molecule has 1 saturated heterocycles. The second-order valence-electron chi connectivity index (χ2n) is 6.81. The van der Waals surface area contributed by atoms with E-state index < -0.39 is 0 Å². The molecule has 112 valence electrons. The minimum Gasteiger partial charge on any atom is -0.304 e. The summed E-state index contributed by atoms with van der Waals surface area (Å²) < 4.78 is 0. The lowest BCUT2D eigenvalue weighted by Crippen LogP contribution is -2.46. The van der Waals surface area contributed by atoms with Crippen LogP contribution in [0.25, 0.3) is 0 Å². The van der Waals surface area contributed by atoms with Crippen LogP contribution in [0.4, 0.5) is 0 Å². The summed E-state index contributed by atoms with van der Waals surface area (Å²) in [4.78, 5) is 5.04. The maximum atomic E-state index is 2.62. The van der Waals surface area contributed by atoms with Crippen LogP contribution in [-0.2, 0) is 6.42 Å². The Bertz CT molecular complexity index is 388. The molecule has 20 heavy (non-hydrogen) atoms. The Kier molecular flexibility index (Phi) is 5.62. The fourth-order valence-corrected chi connectivity index (χ4v) is 2.98. The van der Waals surface area contributed by atoms with Crippen LogP contribution in [-0.4, -0.2) is 49.6 Å². The topological polar surface area (TPSA) is 6.48 Å². The van der Waals surface area contributed by atoms with Crippen molar-refractivity contribution < 1.29 is 0 Å². The second kappa shape index (κ2) is 7.24. The average molecular weight is 274 g/mol. The standard InChI is InChI=1S/C18H30N2/c1-15(2)18-7-5-17(6-8-18)13-16(3)14-20-11-9-19(4)10-12-20/h5-8,15-16H,9-14H2,1-4H3. The van der Waals surface area contributed by atoms with Crippen molar-refractivity contribution in [2.75, 3.05) is 39.8 Å². The molecule has 1 aromatic rings. The van der Waals surface area contributed by atoms with E-state index in [0.29, 0.717) is 5.92 Å². The molecule has 0 aliphatic carbocycles. The molecule has 0 amide bonds. The maximum Gasteiger partial charge on any atom is 0.0110 e. The van der Waals surface area contributed by atoms with Crippen LogP contribution >= 0.6 is 0 Å². The first kappa shape index (κ1) is 15.5. The first-order valence-electron chi connectivity index (χ1n) is 8.04. The van der Waals surface area contributed by atoms with Crippen molar-refractivity contribution >= 4 is 0 Å². The lowest BCUT2D eigenvalue weighted by atomic mass is 9.96. The molecule has 0 saturated carbocycles. The molecule has 0 bridgehead atoms. The summed E-state index contributed by atoms with van der Waals surface area (Å²) in [6, 6.07) is 9.22. The third kappa shape index (κ3) is 4.60. The number of hydrogen-bond acceptors (Lipinski definition) is 2. The van der Waals surface area contributed by atoms with E-state index in [-0.39, 0.29) is 0 Å². The van der Waals surface area contributed by atoms with Crippen molar-refractivity contribution in [3.63, 3.8) is 0 Å². The van der Waals surface area contributed by atoms with Crippen molar-refractivity contribution in [3.05, 3.63) is 35.4 Å². The largest absolute Gasteiger partial charge is 0.304 e. The number of nitrogens with zero attached hydrogens (tertiary/aromatic N) is 2. The van der Waals surface area contributed by atoms with Crippen LogP contribution in [0.5, 0.6) is 0 Å². The monoisotopic (exact) mass is 274 g/mol. The van der Waals surface area contributed by atoms with Crippen LogP contribution in [0.15, 0.2) is 24.3 Å². The molecule has 0 spiro atoms. The van der Waals surface area contributed by atoms with Crippen molar-refractivity contribution in [1.82, 2.24) is 9.80 Å². The number of hydrogen-bond donors (Lipinski definition) is 0. The predicted molar refractivity (Wildman–Crippen MR) is 87.3 cm³/mol. The summed E-state index contributed by atoms with van der Waals surface area (Å²) in [7, 11) is 2.22. The average Bonchev–Trinajstić information content (AvgIpc) is 2.42. The molecule has 1 aromatic carbocycles. The van der Waals surface area contributed by atoms with Gasteiger partial charge in [-0.1, -0.05) is 45.0 Å². The van der Waals surface area contributed by atoms with Crippen molar-refractivity contribution in [2.45, 2.75) is 33.1 Å². The summed E-state index contributed by atoms with van der Waals surface area (Å²) in [5.41, 5.74) is 2.93. The van der Waals surface area contributed by atoms with E-state index in [1.807, 2.05) is 0 Å². The summed E-state index contributed by atoms with van der Waals surface area (Å²) in [5, 5.41) is 0. The third-order valence-corrected chi connectivity index (χ3v) is 4.40. The molecule has 1 atom stereocenters. The second-order valence-corrected chi connectivity index (χ2v) is 6.81. The van der Waals surface area contributed by atoms with E-state index in [2.05, 4.69) is 61.9 Å². The van der Waals surface area contributed by atoms with Gasteiger partial charge in [0.1, 0.15) is 0 Å². The minimum atomic E-state index is 0.631. The number of rotatable bonds is 5. The molecule has 0 N–H and O–H groups in total. The zero-order valence-electron chi connectivity index (χ0n) is 13.6. The molecule has 1 aliphatic rings. The molecular formula is C18H30N2. The molecule has 2 heteroatoms. The highest BCUT2D eigenvalue weighted by atomic mass is 15.2. The molecule has 1 unspecified atom stereocenters. The highest BCUT2D eigenvalue weighted by molar-refractivity contribution is 5.24. The van der Waals surface area contributed by atoms with Gasteiger partial charge in [-0.05, 0) is 36.4 Å². The van der Waals surface area contributed by atoms with Crippen molar-refractivity contribution in [2.24, 2.45) is 5.92 Å². The normalized spacial score (nSPS) is 19.4. The fraction of sp³-hybridized carbons (Fsp3) is 0.667. The molecule has 1 fully saturated rings. The molecular weight excluding hydrogens is 244 g/mol. The molecule has 2 rings (SSSR count). The first-order valence-corrected chi connectivity index (χ1v) is 8.04. The maximum absolute atomic E-state index is 2.62. The van der Waals surface area contributed by atoms with E-state index in [4.69, 9.17) is 0 Å². The highest BCUT2D eigenvalue weighted by Crippen LogP contribution is 2.17. The molecule has 2 nitrogen and oxygen atoms in total. The quantitative estimate of drug-likeness (QED) is 0.813. The summed E-state index contributed by atoms with van der Waals surface area (Å²) in [6.45, 7) is 13.0. The lowest BCUT2D eigenvalue weighted by molar-refractivity contribution is 0.139. The molecule has 1 heterocycles. The van der Waals surface area contributed by atoms with Gasteiger partial charge in [0.05, 0.1) is 0 Å². The first-order chi connectivity index (χ1) is 9.54. The van der Waals surface area contributed by atoms with Crippen molar-refractivity contribution in [1.29, 1.82) is 0 Å². The van der Waals surface area contributed by atoms with E-state index in [9.17, 15) is 0 Å². The fourth-order valence-electron chi connectivity index (χ4n) is 2.98. The van der Waals surface area contributed by atoms with E-state index >= 15 is 0 Å². The Morgan fingerprint density at radius 2 is 1.55 bits per heavy atom. The van der Waals surface area contributed by atoms with Crippen LogP contribution < -0.4 is 0 Å². The summed E-state index contributed by atoms with van der Waals surface area (Å²) >= 11 is 0. The van der Waals surface area contributed by atoms with Gasteiger partial charge >= 0.3 is 0 Å². The summed E-state index contributed by atoms with van der Waals surface area (Å²) in [6.07, 6.45) is 1.20. The van der Waals surface area contributed by atoms with Crippen molar-refractivity contribution in [3.8, 4) is 0 Å². The number of benzene rings is 1. The van der Waals surface area contributed by atoms with Gasteiger partial charge in [0.25, 0.3) is 0 Å². The van der Waals surface area contributed by atoms with E-state index in [0.717, 1.165) is 5.92 Å². The van der Waals surface area contributed by atoms with Gasteiger partial charge in [-0.2, -0.15) is 0 Å². The Morgan fingerprint density at radius 3 is 2.10 bits per heavy atom. The van der Waals surface area contributed by atoms with Gasteiger partial charge in [-0.15, -0.1) is 0 Å². The van der Waals surface area contributed by atoms with Gasteiger partial charge in [-0.25, -0.2) is 0 Å². The zero-order valence-corrected chi connectivity index (χ0v) is 13.6. The Morgan fingerprint density at radius 1 is 0.950 bits per heavy atom. The minimum absolute atomic E-state index is 0.631. The number of piperazine rings is 1.